The van der Waals surface area contributed by atoms with Crippen LogP contribution in [0.3, 0.4) is 0 Å². The fourth-order valence-corrected chi connectivity index (χ4v) is 1.99. The zero-order chi connectivity index (χ0) is 13.9. The van der Waals surface area contributed by atoms with Gasteiger partial charge in [-0.15, -0.1) is 0 Å². The summed E-state index contributed by atoms with van der Waals surface area (Å²) in [6.07, 6.45) is 1.49. The highest BCUT2D eigenvalue weighted by molar-refractivity contribution is 6.58. The van der Waals surface area contributed by atoms with Gasteiger partial charge in [0.2, 0.25) is 0 Å². The number of hydrogen-bond donors (Lipinski definition) is 2. The van der Waals surface area contributed by atoms with Crippen LogP contribution in [0.5, 0.6) is 0 Å². The Kier molecular flexibility index (Phi) is 4.48. The van der Waals surface area contributed by atoms with Crippen molar-refractivity contribution >= 4 is 18.3 Å². The minimum atomic E-state index is -1.61. The fraction of sp³-hybridized carbons (Fsp3) is 0.500. The SMILES string of the molecule is CCC(C)(CC)c1cc(B(O)O)ccc1[N+](=O)[O-]. The normalized spacial score (nSPS) is 11.4. The molecule has 6 heteroatoms. The maximum absolute atomic E-state index is 11.1. The van der Waals surface area contributed by atoms with Crippen molar-refractivity contribution in [1.82, 2.24) is 0 Å². The van der Waals surface area contributed by atoms with E-state index in [9.17, 15) is 20.2 Å². The first kappa shape index (κ1) is 14.7. The molecule has 0 saturated heterocycles. The molecule has 0 radical (unpaired) electrons. The van der Waals surface area contributed by atoms with Gasteiger partial charge in [0.25, 0.3) is 5.69 Å². The summed E-state index contributed by atoms with van der Waals surface area (Å²) in [6, 6.07) is 4.24. The van der Waals surface area contributed by atoms with Crippen molar-refractivity contribution in [2.75, 3.05) is 0 Å². The zero-order valence-corrected chi connectivity index (χ0v) is 10.9. The second-order valence-electron chi connectivity index (χ2n) is 4.68. The van der Waals surface area contributed by atoms with E-state index in [0.717, 1.165) is 12.8 Å². The average Bonchev–Trinajstić information content (AvgIpc) is 2.36. The number of benzene rings is 1. The smallest absolute Gasteiger partial charge is 0.423 e. The van der Waals surface area contributed by atoms with Gasteiger partial charge in [-0.25, -0.2) is 0 Å². The molecular formula is C12H18BNO4. The van der Waals surface area contributed by atoms with Crippen LogP contribution in [0.4, 0.5) is 5.69 Å². The number of nitrogens with zero attached hydrogens (tertiary/aromatic N) is 1. The maximum Gasteiger partial charge on any atom is 0.488 e. The van der Waals surface area contributed by atoms with Gasteiger partial charge in [0.15, 0.2) is 0 Å². The summed E-state index contributed by atoms with van der Waals surface area (Å²) >= 11 is 0. The molecule has 0 aliphatic carbocycles. The first-order chi connectivity index (χ1) is 8.35. The Balaban J connectivity index is 3.45. The number of hydrogen-bond acceptors (Lipinski definition) is 4. The van der Waals surface area contributed by atoms with E-state index in [2.05, 4.69) is 0 Å². The second kappa shape index (κ2) is 5.50. The van der Waals surface area contributed by atoms with Crippen LogP contribution in [0.25, 0.3) is 0 Å². The summed E-state index contributed by atoms with van der Waals surface area (Å²) in [7, 11) is -1.61. The minimum absolute atomic E-state index is 0.0330. The van der Waals surface area contributed by atoms with E-state index < -0.39 is 12.0 Å². The Morgan fingerprint density at radius 2 is 1.89 bits per heavy atom. The van der Waals surface area contributed by atoms with Crippen molar-refractivity contribution in [3.8, 4) is 0 Å². The molecule has 0 unspecified atom stereocenters. The highest BCUT2D eigenvalue weighted by Gasteiger charge is 2.31. The molecular weight excluding hydrogens is 233 g/mol. The molecule has 1 rings (SSSR count). The van der Waals surface area contributed by atoms with Gasteiger partial charge in [0.1, 0.15) is 0 Å². The van der Waals surface area contributed by atoms with Gasteiger partial charge in [0.05, 0.1) is 4.92 Å². The topological polar surface area (TPSA) is 83.6 Å². The Hall–Kier alpha value is -1.40. The highest BCUT2D eigenvalue weighted by Crippen LogP contribution is 2.36. The molecule has 18 heavy (non-hydrogen) atoms. The van der Waals surface area contributed by atoms with Crippen molar-refractivity contribution < 1.29 is 15.0 Å². The van der Waals surface area contributed by atoms with Gasteiger partial charge < -0.3 is 10.0 Å². The van der Waals surface area contributed by atoms with Gasteiger partial charge >= 0.3 is 7.12 Å². The third kappa shape index (κ3) is 2.71. The quantitative estimate of drug-likeness (QED) is 0.470. The molecule has 1 aromatic carbocycles. The molecule has 98 valence electrons. The predicted octanol–water partition coefficient (Wildman–Crippen LogP) is 1.35. The summed E-state index contributed by atoms with van der Waals surface area (Å²) < 4.78 is 0. The average molecular weight is 251 g/mol. The van der Waals surface area contributed by atoms with Crippen LogP contribution >= 0.6 is 0 Å². The van der Waals surface area contributed by atoms with Gasteiger partial charge in [-0.2, -0.15) is 0 Å². The van der Waals surface area contributed by atoms with Gasteiger partial charge in [-0.05, 0) is 23.7 Å². The lowest BCUT2D eigenvalue weighted by Gasteiger charge is -2.27. The van der Waals surface area contributed by atoms with Crippen molar-refractivity contribution in [3.05, 3.63) is 33.9 Å². The van der Waals surface area contributed by atoms with E-state index in [0.29, 0.717) is 5.56 Å². The van der Waals surface area contributed by atoms with Crippen molar-refractivity contribution in [3.63, 3.8) is 0 Å². The molecule has 0 amide bonds. The molecule has 0 heterocycles. The molecule has 0 bridgehead atoms. The van der Waals surface area contributed by atoms with Gasteiger partial charge in [0, 0.05) is 11.6 Å². The predicted molar refractivity (Wildman–Crippen MR) is 70.9 cm³/mol. The Labute approximate surface area is 107 Å². The van der Waals surface area contributed by atoms with Crippen LogP contribution in [-0.4, -0.2) is 22.1 Å². The Morgan fingerprint density at radius 1 is 1.33 bits per heavy atom. The number of rotatable bonds is 5. The molecule has 5 nitrogen and oxygen atoms in total. The van der Waals surface area contributed by atoms with E-state index in [1.807, 2.05) is 20.8 Å². The van der Waals surface area contributed by atoms with Crippen molar-refractivity contribution in [2.24, 2.45) is 0 Å². The summed E-state index contributed by atoms with van der Waals surface area (Å²) in [4.78, 5) is 10.6. The third-order valence-corrected chi connectivity index (χ3v) is 3.73. The monoisotopic (exact) mass is 251 g/mol. The molecule has 0 atom stereocenters. The second-order valence-corrected chi connectivity index (χ2v) is 4.68. The molecule has 1 aromatic rings. The molecule has 2 N–H and O–H groups in total. The molecule has 0 aliphatic heterocycles. The zero-order valence-electron chi connectivity index (χ0n) is 10.9. The van der Waals surface area contributed by atoms with E-state index in [1.165, 1.54) is 18.2 Å². The summed E-state index contributed by atoms with van der Waals surface area (Å²) in [5.41, 5.74) is 0.533. The molecule has 0 fully saturated rings. The van der Waals surface area contributed by atoms with E-state index >= 15 is 0 Å². The molecule has 0 spiro atoms. The first-order valence-corrected chi connectivity index (χ1v) is 6.00. The van der Waals surface area contributed by atoms with E-state index in [1.54, 1.807) is 0 Å². The first-order valence-electron chi connectivity index (χ1n) is 6.00. The highest BCUT2D eigenvalue weighted by atomic mass is 16.6. The molecule has 0 aromatic heterocycles. The summed E-state index contributed by atoms with van der Waals surface area (Å²) in [5.74, 6) is 0. The summed E-state index contributed by atoms with van der Waals surface area (Å²) in [6.45, 7) is 5.88. The largest absolute Gasteiger partial charge is 0.488 e. The Morgan fingerprint density at radius 3 is 2.28 bits per heavy atom. The number of nitro groups is 1. The third-order valence-electron chi connectivity index (χ3n) is 3.73. The molecule has 0 aliphatic rings. The lowest BCUT2D eigenvalue weighted by molar-refractivity contribution is -0.386. The molecule has 0 saturated carbocycles. The van der Waals surface area contributed by atoms with E-state index in [-0.39, 0.29) is 16.6 Å². The van der Waals surface area contributed by atoms with E-state index in [4.69, 9.17) is 0 Å². The summed E-state index contributed by atoms with van der Waals surface area (Å²) in [5, 5.41) is 29.4. The van der Waals surface area contributed by atoms with Crippen LogP contribution in [0.15, 0.2) is 18.2 Å². The van der Waals surface area contributed by atoms with Gasteiger partial charge in [-0.1, -0.05) is 32.9 Å². The van der Waals surface area contributed by atoms with Crippen LogP contribution in [-0.2, 0) is 5.41 Å². The standard InChI is InChI=1S/C12H18BNO4/c1-4-12(3,5-2)10-8-9(13(15)16)6-7-11(10)14(17)18/h6-8,15-16H,4-5H2,1-3H3. The fourth-order valence-electron chi connectivity index (χ4n) is 1.99. The number of nitro benzene ring substituents is 1. The maximum atomic E-state index is 11.1. The van der Waals surface area contributed by atoms with Crippen LogP contribution < -0.4 is 5.46 Å². The van der Waals surface area contributed by atoms with Crippen LogP contribution in [0.2, 0.25) is 0 Å². The van der Waals surface area contributed by atoms with Crippen LogP contribution in [0, 0.1) is 10.1 Å². The van der Waals surface area contributed by atoms with Crippen molar-refractivity contribution in [1.29, 1.82) is 0 Å². The lowest BCUT2D eigenvalue weighted by atomic mass is 9.72. The minimum Gasteiger partial charge on any atom is -0.423 e. The lowest BCUT2D eigenvalue weighted by Crippen LogP contribution is -2.32. The Bertz CT molecular complexity index is 444. The van der Waals surface area contributed by atoms with Crippen LogP contribution in [0.1, 0.15) is 39.2 Å². The van der Waals surface area contributed by atoms with Gasteiger partial charge in [-0.3, -0.25) is 10.1 Å². The van der Waals surface area contributed by atoms with Crippen molar-refractivity contribution in [2.45, 2.75) is 39.0 Å².